The van der Waals surface area contributed by atoms with Crippen molar-refractivity contribution in [1.82, 2.24) is 4.57 Å². The van der Waals surface area contributed by atoms with Crippen LogP contribution in [0.25, 0.3) is 0 Å². The molecule has 1 fully saturated rings. The lowest BCUT2D eigenvalue weighted by molar-refractivity contribution is -0.122. The van der Waals surface area contributed by atoms with E-state index in [1.54, 1.807) is 31.2 Å². The predicted octanol–water partition coefficient (Wildman–Crippen LogP) is 4.29. The number of benzene rings is 2. The summed E-state index contributed by atoms with van der Waals surface area (Å²) in [6.07, 6.45) is 0. The maximum Gasteiger partial charge on any atom is 0.338 e. The van der Waals surface area contributed by atoms with Gasteiger partial charge in [-0.3, -0.25) is 23.7 Å². The first-order valence-electron chi connectivity index (χ1n) is 12.9. The van der Waals surface area contributed by atoms with Gasteiger partial charge in [0.1, 0.15) is 17.5 Å². The molecule has 3 unspecified atom stereocenters. The Hall–Kier alpha value is -4.20. The number of fused-ring (bicyclic) bond motifs is 2. The van der Waals surface area contributed by atoms with Crippen LogP contribution < -0.4 is 15.1 Å². The Balaban J connectivity index is 1.34. The first kappa shape index (κ1) is 27.9. The Labute approximate surface area is 251 Å². The van der Waals surface area contributed by atoms with Gasteiger partial charge in [-0.05, 0) is 66.9 Å². The number of thioether (sulfide) groups is 1. The van der Waals surface area contributed by atoms with Crippen molar-refractivity contribution in [3.63, 3.8) is 0 Å². The number of nitrogens with zero attached hydrogens (tertiary/aromatic N) is 2. The number of thiazole rings is 1. The quantitative estimate of drug-likeness (QED) is 0.177. The van der Waals surface area contributed by atoms with Crippen molar-refractivity contribution in [3.8, 4) is 5.75 Å². The third-order valence-corrected chi connectivity index (χ3v) is 10.5. The zero-order valence-corrected chi connectivity index (χ0v) is 24.5. The molecule has 2 aliphatic rings. The normalized spacial score (nSPS) is 19.4. The molecule has 2 aromatic heterocycles. The van der Waals surface area contributed by atoms with E-state index >= 15 is 0 Å². The van der Waals surface area contributed by atoms with Crippen molar-refractivity contribution in [2.75, 3.05) is 16.8 Å². The van der Waals surface area contributed by atoms with Gasteiger partial charge < -0.3 is 15.2 Å². The molecule has 2 N–H and O–H groups in total. The third-order valence-electron chi connectivity index (χ3n) is 6.99. The Morgan fingerprint density at radius 1 is 1.00 bits per heavy atom. The molecule has 4 heterocycles. The van der Waals surface area contributed by atoms with Gasteiger partial charge in [0.2, 0.25) is 17.7 Å². The van der Waals surface area contributed by atoms with Crippen LogP contribution in [-0.2, 0) is 25.7 Å². The number of anilines is 2. The number of ether oxygens (including phenoxy) is 1. The molecular formula is C29H23N3O7S3. The number of carbonyl (C=O) groups is 4. The van der Waals surface area contributed by atoms with Gasteiger partial charge in [-0.15, -0.1) is 11.3 Å². The Morgan fingerprint density at radius 3 is 2.40 bits per heavy atom. The summed E-state index contributed by atoms with van der Waals surface area (Å²) < 4.78 is 6.38. The van der Waals surface area contributed by atoms with Crippen LogP contribution in [0.15, 0.2) is 75.9 Å². The van der Waals surface area contributed by atoms with Gasteiger partial charge in [0.25, 0.3) is 0 Å². The lowest BCUT2D eigenvalue weighted by atomic mass is 9.87. The van der Waals surface area contributed by atoms with Crippen LogP contribution >= 0.6 is 34.4 Å². The molecule has 0 aliphatic carbocycles. The van der Waals surface area contributed by atoms with Gasteiger partial charge in [0, 0.05) is 21.4 Å². The number of aromatic nitrogens is 1. The van der Waals surface area contributed by atoms with E-state index in [-0.39, 0.29) is 29.7 Å². The van der Waals surface area contributed by atoms with Crippen LogP contribution in [0, 0.1) is 5.92 Å². The van der Waals surface area contributed by atoms with Crippen LogP contribution in [0.4, 0.5) is 11.4 Å². The minimum absolute atomic E-state index is 0.0569. The van der Waals surface area contributed by atoms with Crippen molar-refractivity contribution in [1.29, 1.82) is 0 Å². The minimum Gasteiger partial charge on any atom is -0.508 e. The van der Waals surface area contributed by atoms with E-state index in [1.807, 2.05) is 17.5 Å². The van der Waals surface area contributed by atoms with E-state index in [2.05, 4.69) is 5.32 Å². The first-order valence-corrected chi connectivity index (χ1v) is 15.5. The van der Waals surface area contributed by atoms with Gasteiger partial charge >= 0.3 is 10.8 Å². The fourth-order valence-electron chi connectivity index (χ4n) is 5.13. The summed E-state index contributed by atoms with van der Waals surface area (Å²) in [7, 11) is 0. The van der Waals surface area contributed by atoms with E-state index in [1.165, 1.54) is 40.2 Å². The number of hydrogen-bond acceptors (Lipinski definition) is 10. The third kappa shape index (κ3) is 4.93. The van der Waals surface area contributed by atoms with E-state index in [9.17, 15) is 29.1 Å². The molecule has 214 valence electrons. The number of phenols is 1. The zero-order chi connectivity index (χ0) is 29.5. The highest BCUT2D eigenvalue weighted by atomic mass is 32.2. The van der Waals surface area contributed by atoms with Crippen LogP contribution in [0.3, 0.4) is 0 Å². The van der Waals surface area contributed by atoms with Gasteiger partial charge in [-0.1, -0.05) is 29.2 Å². The lowest BCUT2D eigenvalue weighted by Gasteiger charge is -2.29. The molecule has 3 atom stereocenters. The molecule has 2 aliphatic heterocycles. The minimum atomic E-state index is -0.817. The van der Waals surface area contributed by atoms with Crippen LogP contribution in [0.2, 0.25) is 0 Å². The molecule has 0 spiro atoms. The van der Waals surface area contributed by atoms with Gasteiger partial charge in [-0.2, -0.15) is 0 Å². The number of imide groups is 1. The number of hydrogen-bond donors (Lipinski definition) is 2. The monoisotopic (exact) mass is 621 g/mol. The smallest absolute Gasteiger partial charge is 0.338 e. The molecule has 10 nitrogen and oxygen atoms in total. The van der Waals surface area contributed by atoms with E-state index < -0.39 is 34.9 Å². The second kappa shape index (κ2) is 11.2. The number of rotatable bonds is 7. The molecule has 0 bridgehead atoms. The molecule has 4 aromatic rings. The number of carbonyl (C=O) groups excluding carboxylic acids is 4. The summed E-state index contributed by atoms with van der Waals surface area (Å²) in [4.78, 5) is 68.2. The largest absolute Gasteiger partial charge is 0.508 e. The van der Waals surface area contributed by atoms with Crippen molar-refractivity contribution in [3.05, 3.63) is 91.0 Å². The number of esters is 1. The Morgan fingerprint density at radius 2 is 1.74 bits per heavy atom. The fraction of sp³-hybridized carbons (Fsp3) is 0.207. The average Bonchev–Trinajstić information content (AvgIpc) is 3.67. The molecule has 0 saturated carbocycles. The zero-order valence-electron chi connectivity index (χ0n) is 22.0. The molecule has 0 radical (unpaired) electrons. The average molecular weight is 622 g/mol. The second-order valence-corrected chi connectivity index (χ2v) is 12.7. The highest BCUT2D eigenvalue weighted by Gasteiger charge is 2.57. The maximum absolute atomic E-state index is 13.9. The van der Waals surface area contributed by atoms with Crippen LogP contribution in [0.5, 0.6) is 5.75 Å². The summed E-state index contributed by atoms with van der Waals surface area (Å²) >= 11 is 3.55. The molecular weight excluding hydrogens is 599 g/mol. The van der Waals surface area contributed by atoms with Crippen molar-refractivity contribution >= 4 is 69.5 Å². The predicted molar refractivity (Wildman–Crippen MR) is 160 cm³/mol. The van der Waals surface area contributed by atoms with Gasteiger partial charge in [-0.25, -0.2) is 9.69 Å². The molecule has 1 saturated heterocycles. The summed E-state index contributed by atoms with van der Waals surface area (Å²) in [5.41, 5.74) is 1.10. The molecule has 6 rings (SSSR count). The molecule has 3 amide bonds. The SMILES string of the molecule is CCOC(=O)c1ccc(N2C(=O)C3Sc4c(sc(=O)n4CC(=O)Nc4ccc(O)cc4)C(c4cccs4)C3C2=O)cc1. The first-order chi connectivity index (χ1) is 20.3. The number of nitrogens with one attached hydrogen (secondary N) is 1. The topological polar surface area (TPSA) is 135 Å². The Bertz CT molecular complexity index is 1740. The highest BCUT2D eigenvalue weighted by Crippen LogP contribution is 2.54. The van der Waals surface area contributed by atoms with E-state index in [0.29, 0.717) is 26.8 Å². The number of aromatic hydroxyl groups is 1. The van der Waals surface area contributed by atoms with Gasteiger partial charge in [0.15, 0.2) is 0 Å². The summed E-state index contributed by atoms with van der Waals surface area (Å²) in [5.74, 6) is -2.99. The molecule has 2 aromatic carbocycles. The van der Waals surface area contributed by atoms with Crippen molar-refractivity contribution < 1.29 is 29.0 Å². The van der Waals surface area contributed by atoms with Crippen molar-refractivity contribution in [2.45, 2.75) is 29.7 Å². The molecule has 42 heavy (non-hydrogen) atoms. The van der Waals surface area contributed by atoms with E-state index in [0.717, 1.165) is 32.9 Å². The highest BCUT2D eigenvalue weighted by molar-refractivity contribution is 8.00. The summed E-state index contributed by atoms with van der Waals surface area (Å²) in [6, 6.07) is 15.8. The van der Waals surface area contributed by atoms with Crippen LogP contribution in [0.1, 0.15) is 33.0 Å². The number of thiophene rings is 1. The summed E-state index contributed by atoms with van der Waals surface area (Å²) in [5, 5.41) is 13.8. The second-order valence-electron chi connectivity index (χ2n) is 9.56. The molecule has 13 heteroatoms. The maximum atomic E-state index is 13.9. The summed E-state index contributed by atoms with van der Waals surface area (Å²) in [6.45, 7) is 1.65. The van der Waals surface area contributed by atoms with Crippen molar-refractivity contribution in [2.24, 2.45) is 5.92 Å². The lowest BCUT2D eigenvalue weighted by Crippen LogP contribution is -2.32. The van der Waals surface area contributed by atoms with E-state index in [4.69, 9.17) is 4.74 Å². The van der Waals surface area contributed by atoms with Crippen LogP contribution in [-0.4, -0.2) is 45.2 Å². The Kier molecular flexibility index (Phi) is 7.47. The van der Waals surface area contributed by atoms with Gasteiger partial charge in [0.05, 0.1) is 28.8 Å². The standard InChI is InChI=1S/C29H23N3O7S3/c1-2-39-28(37)15-5-9-17(10-6-15)32-25(35)22-21(19-4-3-13-40-19)24-27(41-23(22)26(32)36)31(29(38)42-24)14-20(34)30-16-7-11-18(33)12-8-16/h3-13,21-23,33H,2,14H2,1H3,(H,30,34). The fourth-order valence-corrected chi connectivity index (χ4v) is 8.86. The number of phenolic OH excluding ortho intramolecular Hbond substituents is 1. The number of amides is 3.